The molecule has 20 heavy (non-hydrogen) atoms. The Balaban J connectivity index is 2.23. The van der Waals surface area contributed by atoms with Crippen LogP contribution in [0.4, 0.5) is 5.69 Å². The number of benzene rings is 1. The molecule has 1 saturated heterocycles. The number of hydrogen-bond donors (Lipinski definition) is 1. The first-order chi connectivity index (χ1) is 9.38. The Hall–Kier alpha value is -1.95. The second-order valence-electron chi connectivity index (χ2n) is 5.44. The van der Waals surface area contributed by atoms with Gasteiger partial charge < -0.3 is 10.2 Å². The van der Waals surface area contributed by atoms with E-state index in [9.17, 15) is 14.9 Å². The summed E-state index contributed by atoms with van der Waals surface area (Å²) in [4.78, 5) is 24.6. The van der Waals surface area contributed by atoms with E-state index in [4.69, 9.17) is 0 Å². The van der Waals surface area contributed by atoms with E-state index < -0.39 is 4.92 Å². The van der Waals surface area contributed by atoms with E-state index in [0.717, 1.165) is 0 Å². The fourth-order valence-corrected chi connectivity index (χ4v) is 2.66. The van der Waals surface area contributed by atoms with E-state index in [1.54, 1.807) is 17.9 Å². The van der Waals surface area contributed by atoms with Gasteiger partial charge in [-0.25, -0.2) is 0 Å². The second-order valence-corrected chi connectivity index (χ2v) is 5.44. The molecule has 0 aromatic heterocycles. The van der Waals surface area contributed by atoms with Gasteiger partial charge in [0, 0.05) is 42.9 Å². The number of carbonyl (C=O) groups is 1. The number of aryl methyl sites for hydroxylation is 1. The van der Waals surface area contributed by atoms with E-state index in [0.29, 0.717) is 24.2 Å². The first kappa shape index (κ1) is 14.5. The summed E-state index contributed by atoms with van der Waals surface area (Å²) in [6, 6.07) is 4.88. The van der Waals surface area contributed by atoms with Crippen LogP contribution < -0.4 is 5.32 Å². The SMILES string of the molecule is Cc1cc([N+](=O)[O-])ccc1C(=O)N1CC(C)NC(C)C1. The molecule has 1 aromatic carbocycles. The monoisotopic (exact) mass is 277 g/mol. The number of nitrogens with zero attached hydrogens (tertiary/aromatic N) is 2. The van der Waals surface area contributed by atoms with Gasteiger partial charge >= 0.3 is 0 Å². The molecule has 6 nitrogen and oxygen atoms in total. The second kappa shape index (κ2) is 5.58. The van der Waals surface area contributed by atoms with E-state index in [1.807, 2.05) is 13.8 Å². The summed E-state index contributed by atoms with van der Waals surface area (Å²) < 4.78 is 0. The molecule has 1 heterocycles. The minimum atomic E-state index is -0.448. The van der Waals surface area contributed by atoms with Crippen LogP contribution in [-0.2, 0) is 0 Å². The van der Waals surface area contributed by atoms with E-state index in [2.05, 4.69) is 5.32 Å². The Morgan fingerprint density at radius 1 is 1.35 bits per heavy atom. The van der Waals surface area contributed by atoms with Gasteiger partial charge in [0.05, 0.1) is 4.92 Å². The summed E-state index contributed by atoms with van der Waals surface area (Å²) in [5.74, 6) is -0.0578. The normalized spacial score (nSPS) is 22.6. The minimum Gasteiger partial charge on any atom is -0.336 e. The minimum absolute atomic E-state index is 0.0149. The molecule has 1 N–H and O–H groups in total. The standard InChI is InChI=1S/C14H19N3O3/c1-9-6-12(17(19)20)4-5-13(9)14(18)16-7-10(2)15-11(3)8-16/h4-6,10-11,15H,7-8H2,1-3H3. The lowest BCUT2D eigenvalue weighted by molar-refractivity contribution is -0.384. The topological polar surface area (TPSA) is 75.5 Å². The van der Waals surface area contributed by atoms with Crippen LogP contribution >= 0.6 is 0 Å². The average molecular weight is 277 g/mol. The van der Waals surface area contributed by atoms with Crippen molar-refractivity contribution in [2.45, 2.75) is 32.9 Å². The maximum absolute atomic E-state index is 12.5. The number of carbonyl (C=O) groups excluding carboxylic acids is 1. The van der Waals surface area contributed by atoms with Gasteiger partial charge in [-0.15, -0.1) is 0 Å². The summed E-state index contributed by atoms with van der Waals surface area (Å²) in [6.07, 6.45) is 0. The molecule has 1 fully saturated rings. The van der Waals surface area contributed by atoms with Crippen LogP contribution in [0.1, 0.15) is 29.8 Å². The summed E-state index contributed by atoms with van der Waals surface area (Å²) >= 11 is 0. The molecule has 1 aliphatic rings. The van der Waals surface area contributed by atoms with Gasteiger partial charge in [-0.1, -0.05) is 0 Å². The summed E-state index contributed by atoms with van der Waals surface area (Å²) in [7, 11) is 0. The molecule has 2 unspecified atom stereocenters. The van der Waals surface area contributed by atoms with Crippen LogP contribution in [0, 0.1) is 17.0 Å². The summed E-state index contributed by atoms with van der Waals surface area (Å²) in [5.41, 5.74) is 1.20. The molecule has 108 valence electrons. The van der Waals surface area contributed by atoms with E-state index in [1.165, 1.54) is 12.1 Å². The van der Waals surface area contributed by atoms with Gasteiger partial charge in [0.25, 0.3) is 11.6 Å². The van der Waals surface area contributed by atoms with Gasteiger partial charge in [0.15, 0.2) is 0 Å². The largest absolute Gasteiger partial charge is 0.336 e. The van der Waals surface area contributed by atoms with E-state index >= 15 is 0 Å². The van der Waals surface area contributed by atoms with Crippen molar-refractivity contribution in [1.82, 2.24) is 10.2 Å². The third-order valence-electron chi connectivity index (χ3n) is 3.50. The number of nitro benzene ring substituents is 1. The van der Waals surface area contributed by atoms with Gasteiger partial charge in [-0.2, -0.15) is 0 Å². The number of amides is 1. The van der Waals surface area contributed by atoms with Crippen molar-refractivity contribution in [1.29, 1.82) is 0 Å². The predicted octanol–water partition coefficient (Wildman–Crippen LogP) is 1.73. The molecule has 1 aliphatic heterocycles. The van der Waals surface area contributed by atoms with Crippen molar-refractivity contribution >= 4 is 11.6 Å². The Bertz CT molecular complexity index is 534. The van der Waals surface area contributed by atoms with Crippen molar-refractivity contribution < 1.29 is 9.72 Å². The average Bonchev–Trinajstić information content (AvgIpc) is 2.36. The van der Waals surface area contributed by atoms with Crippen molar-refractivity contribution in [2.75, 3.05) is 13.1 Å². The maximum Gasteiger partial charge on any atom is 0.269 e. The van der Waals surface area contributed by atoms with Crippen LogP contribution in [-0.4, -0.2) is 40.9 Å². The maximum atomic E-state index is 12.5. The number of piperazine rings is 1. The lowest BCUT2D eigenvalue weighted by atomic mass is 10.0. The lowest BCUT2D eigenvalue weighted by Gasteiger charge is -2.36. The highest BCUT2D eigenvalue weighted by Crippen LogP contribution is 2.19. The molecule has 1 amide bonds. The van der Waals surface area contributed by atoms with Crippen LogP contribution in [0.25, 0.3) is 0 Å². The third kappa shape index (κ3) is 2.96. The number of nitrogens with one attached hydrogen (secondary N) is 1. The number of nitro groups is 1. The Labute approximate surface area is 117 Å². The molecule has 2 rings (SSSR count). The molecule has 0 bridgehead atoms. The quantitative estimate of drug-likeness (QED) is 0.659. The van der Waals surface area contributed by atoms with Gasteiger partial charge in [0.1, 0.15) is 0 Å². The molecule has 0 saturated carbocycles. The Morgan fingerprint density at radius 3 is 2.45 bits per heavy atom. The summed E-state index contributed by atoms with van der Waals surface area (Å²) in [5, 5.41) is 14.1. The van der Waals surface area contributed by atoms with Gasteiger partial charge in [0.2, 0.25) is 0 Å². The molecular formula is C14H19N3O3. The first-order valence-corrected chi connectivity index (χ1v) is 6.69. The van der Waals surface area contributed by atoms with Crippen LogP contribution in [0.3, 0.4) is 0 Å². The van der Waals surface area contributed by atoms with Gasteiger partial charge in [-0.05, 0) is 32.4 Å². The lowest BCUT2D eigenvalue weighted by Crippen LogP contribution is -2.55. The predicted molar refractivity (Wildman–Crippen MR) is 75.8 cm³/mol. The molecule has 2 atom stereocenters. The number of hydrogen-bond acceptors (Lipinski definition) is 4. The highest BCUT2D eigenvalue weighted by molar-refractivity contribution is 5.96. The smallest absolute Gasteiger partial charge is 0.269 e. The zero-order valence-corrected chi connectivity index (χ0v) is 11.9. The molecular weight excluding hydrogens is 258 g/mol. The zero-order chi connectivity index (χ0) is 14.9. The number of rotatable bonds is 2. The first-order valence-electron chi connectivity index (χ1n) is 6.69. The molecule has 0 spiro atoms. The van der Waals surface area contributed by atoms with E-state index in [-0.39, 0.29) is 23.7 Å². The van der Waals surface area contributed by atoms with Gasteiger partial charge in [-0.3, -0.25) is 14.9 Å². The number of non-ortho nitro benzene ring substituents is 1. The van der Waals surface area contributed by atoms with Crippen molar-refractivity contribution in [2.24, 2.45) is 0 Å². The van der Waals surface area contributed by atoms with Crippen molar-refractivity contribution in [3.05, 3.63) is 39.4 Å². The Kier molecular flexibility index (Phi) is 4.04. The summed E-state index contributed by atoms with van der Waals surface area (Å²) in [6.45, 7) is 7.12. The molecule has 1 aromatic rings. The fourth-order valence-electron chi connectivity index (χ4n) is 2.66. The van der Waals surface area contributed by atoms with Crippen molar-refractivity contribution in [3.63, 3.8) is 0 Å². The molecule has 6 heteroatoms. The fraction of sp³-hybridized carbons (Fsp3) is 0.500. The molecule has 0 aliphatic carbocycles. The van der Waals surface area contributed by atoms with Crippen LogP contribution in [0.2, 0.25) is 0 Å². The van der Waals surface area contributed by atoms with Crippen molar-refractivity contribution in [3.8, 4) is 0 Å². The van der Waals surface area contributed by atoms with Crippen LogP contribution in [0.5, 0.6) is 0 Å². The zero-order valence-electron chi connectivity index (χ0n) is 11.9. The van der Waals surface area contributed by atoms with Crippen LogP contribution in [0.15, 0.2) is 18.2 Å². The Morgan fingerprint density at radius 2 is 1.95 bits per heavy atom. The highest BCUT2D eigenvalue weighted by Gasteiger charge is 2.26. The third-order valence-corrected chi connectivity index (χ3v) is 3.50. The highest BCUT2D eigenvalue weighted by atomic mass is 16.6. The molecule has 0 radical (unpaired) electrons.